The van der Waals surface area contributed by atoms with Gasteiger partial charge in [0.15, 0.2) is 1.41 Å². The molecule has 5 heteroatoms. The van der Waals surface area contributed by atoms with Gasteiger partial charge in [-0.2, -0.15) is 0 Å². The van der Waals surface area contributed by atoms with Gasteiger partial charge in [0, 0.05) is 14.3 Å². The molecule has 0 saturated carbocycles. The van der Waals surface area contributed by atoms with Gasteiger partial charge in [-0.3, -0.25) is 4.79 Å². The van der Waals surface area contributed by atoms with E-state index in [9.17, 15) is 9.59 Å². The van der Waals surface area contributed by atoms with Crippen LogP contribution in [0, 0.1) is 0 Å². The van der Waals surface area contributed by atoms with E-state index in [0.29, 0.717) is 5.31 Å². The fourth-order valence-electron chi connectivity index (χ4n) is 0.716. The van der Waals surface area contributed by atoms with E-state index in [2.05, 4.69) is 4.74 Å². The fraction of sp³-hybridized carbons (Fsp3) is 0.800. The minimum atomic E-state index is -1.09. The molecule has 0 aromatic rings. The van der Waals surface area contributed by atoms with Crippen LogP contribution in [-0.2, 0) is 14.3 Å². The largest absolute Gasteiger partial charge is 0.469 e. The van der Waals surface area contributed by atoms with Gasteiger partial charge in [0.25, 0.3) is 0 Å². The monoisotopic (exact) mass is 219 g/mol. The molecular weight excluding hydrogens is 198 g/mol. The van der Waals surface area contributed by atoms with Crippen molar-refractivity contribution in [2.24, 2.45) is 0 Å². The molecule has 88 valence electrons. The highest BCUT2D eigenvalue weighted by atomic mass is 16.6. The molecule has 15 heavy (non-hydrogen) atoms. The number of carbonyl (C=O) groups is 2. The second-order valence-corrected chi connectivity index (χ2v) is 3.88. The van der Waals surface area contributed by atoms with Crippen LogP contribution in [0.25, 0.3) is 0 Å². The van der Waals surface area contributed by atoms with Gasteiger partial charge in [-0.05, 0) is 27.2 Å². The molecule has 1 atom stereocenters. The third-order valence-corrected chi connectivity index (χ3v) is 1.28. The summed E-state index contributed by atoms with van der Waals surface area (Å²) in [6.07, 6.45) is -1.85. The Bertz CT molecular complexity index is 278. The summed E-state index contributed by atoms with van der Waals surface area (Å²) in [5.74, 6) is -0.678. The number of methoxy groups -OCH3 is 1. The summed E-state index contributed by atoms with van der Waals surface area (Å²) < 4.78 is 24.0. The number of rotatable bonds is 4. The number of nitrogens with one attached hydrogen (secondary N) is 1. The minimum Gasteiger partial charge on any atom is -0.469 e. The summed E-state index contributed by atoms with van der Waals surface area (Å²) in [7, 11) is 1.19. The maximum Gasteiger partial charge on any atom is 0.407 e. The quantitative estimate of drug-likeness (QED) is 0.727. The van der Waals surface area contributed by atoms with Gasteiger partial charge in [0.2, 0.25) is 0 Å². The van der Waals surface area contributed by atoms with E-state index >= 15 is 0 Å². The predicted molar refractivity (Wildman–Crippen MR) is 55.5 cm³/mol. The van der Waals surface area contributed by atoms with Crippen molar-refractivity contribution in [3.63, 3.8) is 0 Å². The van der Waals surface area contributed by atoms with Crippen molar-refractivity contribution in [2.75, 3.05) is 13.7 Å². The number of alkyl carbamates (subject to hydrolysis) is 1. The molecule has 0 aromatic carbocycles. The highest BCUT2D eigenvalue weighted by Crippen LogP contribution is 2.06. The summed E-state index contributed by atoms with van der Waals surface area (Å²) in [5, 5.41) is 0.593. The minimum absolute atomic E-state index is 0.0371. The van der Waals surface area contributed by atoms with E-state index in [1.165, 1.54) is 7.11 Å². The fourth-order valence-corrected chi connectivity index (χ4v) is 0.716. The zero-order valence-corrected chi connectivity index (χ0v) is 9.57. The van der Waals surface area contributed by atoms with Crippen LogP contribution in [0.5, 0.6) is 0 Å². The van der Waals surface area contributed by atoms with Crippen LogP contribution in [-0.4, -0.2) is 31.3 Å². The lowest BCUT2D eigenvalue weighted by Crippen LogP contribution is -2.33. The maximum absolute atomic E-state index is 11.3. The van der Waals surface area contributed by atoms with E-state index in [-0.39, 0.29) is 13.0 Å². The van der Waals surface area contributed by atoms with E-state index in [1.54, 1.807) is 20.8 Å². The molecule has 0 heterocycles. The zero-order chi connectivity index (χ0) is 13.6. The maximum atomic E-state index is 11.3. The van der Waals surface area contributed by atoms with E-state index in [1.807, 2.05) is 0 Å². The summed E-state index contributed by atoms with van der Waals surface area (Å²) in [6, 6.07) is 0. The first-order valence-electron chi connectivity index (χ1n) is 5.69. The van der Waals surface area contributed by atoms with Crippen LogP contribution in [0.1, 0.15) is 35.0 Å². The Morgan fingerprint density at radius 1 is 1.47 bits per heavy atom. The number of carbonyl (C=O) groups excluding carboxylic acids is 2. The molecule has 0 aromatic heterocycles. The Hall–Kier alpha value is -1.26. The smallest absolute Gasteiger partial charge is 0.407 e. The second kappa shape index (κ2) is 6.27. The van der Waals surface area contributed by atoms with E-state index in [4.69, 9.17) is 7.52 Å². The molecule has 1 amide bonds. The Labute approximate surface area is 93.0 Å². The van der Waals surface area contributed by atoms with Gasteiger partial charge < -0.3 is 14.8 Å². The Morgan fingerprint density at radius 2 is 2.07 bits per heavy atom. The standard InChI is InChI=1S/C10H19NO4/c1-10(2,3)15-9(13)11-7-5-6-8(12)14-4/h5-7H2,1-4H3,(H,11,13)/i6D/hD. The topological polar surface area (TPSA) is 64.6 Å². The van der Waals surface area contributed by atoms with E-state index < -0.39 is 24.1 Å². The normalized spacial score (nSPS) is 14.7. The first-order valence-corrected chi connectivity index (χ1v) is 4.67. The van der Waals surface area contributed by atoms with Crippen molar-refractivity contribution < 1.29 is 21.8 Å². The molecule has 0 aliphatic heterocycles. The molecule has 0 bridgehead atoms. The molecule has 1 unspecified atom stereocenters. The van der Waals surface area contributed by atoms with Crippen molar-refractivity contribution >= 4 is 12.1 Å². The van der Waals surface area contributed by atoms with Gasteiger partial charge in [-0.1, -0.05) is 0 Å². The van der Waals surface area contributed by atoms with Crippen molar-refractivity contribution in [3.05, 3.63) is 0 Å². The van der Waals surface area contributed by atoms with Crippen LogP contribution in [0.3, 0.4) is 0 Å². The molecule has 5 nitrogen and oxygen atoms in total. The SMILES string of the molecule is [2H]C(CCN([2H])C(=O)OC(C)(C)C)C(=O)OC. The first kappa shape index (κ1) is 10.3. The average Bonchev–Trinajstić information content (AvgIpc) is 2.21. The van der Waals surface area contributed by atoms with E-state index in [0.717, 1.165) is 0 Å². The Kier molecular flexibility index (Phi) is 4.29. The molecule has 0 aliphatic rings. The molecule has 0 spiro atoms. The molecule has 0 rings (SSSR count). The van der Waals surface area contributed by atoms with Crippen molar-refractivity contribution in [3.8, 4) is 0 Å². The lowest BCUT2D eigenvalue weighted by molar-refractivity contribution is -0.140. The summed E-state index contributed by atoms with van der Waals surface area (Å²) in [5.41, 5.74) is -0.668. The number of amides is 1. The summed E-state index contributed by atoms with van der Waals surface area (Å²) in [6.45, 7) is 5.03. The van der Waals surface area contributed by atoms with Crippen LogP contribution in [0.2, 0.25) is 1.41 Å². The van der Waals surface area contributed by atoms with Crippen LogP contribution < -0.4 is 5.31 Å². The Balaban J connectivity index is 4.06. The van der Waals surface area contributed by atoms with Crippen molar-refractivity contribution in [2.45, 2.75) is 39.2 Å². The van der Waals surface area contributed by atoms with Gasteiger partial charge >= 0.3 is 12.1 Å². The molecule has 0 saturated heterocycles. The van der Waals surface area contributed by atoms with Crippen LogP contribution >= 0.6 is 0 Å². The second-order valence-electron chi connectivity index (χ2n) is 3.88. The van der Waals surface area contributed by atoms with Gasteiger partial charge in [0.05, 0.1) is 7.11 Å². The van der Waals surface area contributed by atoms with Crippen molar-refractivity contribution in [1.82, 2.24) is 5.31 Å². The zero-order valence-electron chi connectivity index (χ0n) is 11.6. The molecule has 0 radical (unpaired) electrons. The molecular formula is C10H19NO4. The molecule has 0 fully saturated rings. The predicted octanol–water partition coefficient (Wildman–Crippen LogP) is 1.46. The number of hydrogen-bond donors (Lipinski definition) is 1. The third-order valence-electron chi connectivity index (χ3n) is 1.28. The summed E-state index contributed by atoms with van der Waals surface area (Å²) >= 11 is 0. The highest BCUT2D eigenvalue weighted by Gasteiger charge is 2.15. The van der Waals surface area contributed by atoms with Crippen LogP contribution in [0.4, 0.5) is 4.79 Å². The van der Waals surface area contributed by atoms with Gasteiger partial charge in [0.1, 0.15) is 5.60 Å². The highest BCUT2D eigenvalue weighted by molar-refractivity contribution is 5.69. The lowest BCUT2D eigenvalue weighted by atomic mass is 10.2. The van der Waals surface area contributed by atoms with Crippen molar-refractivity contribution in [1.29, 1.82) is 0 Å². The number of ether oxygens (including phenoxy) is 2. The molecule has 0 aliphatic carbocycles. The number of hydrogen-bond acceptors (Lipinski definition) is 4. The molecule has 1 N–H and O–H groups in total. The first-order chi connectivity index (χ1) is 7.67. The third kappa shape index (κ3) is 9.05. The number of esters is 1. The summed E-state index contributed by atoms with van der Waals surface area (Å²) in [4.78, 5) is 22.3. The van der Waals surface area contributed by atoms with Gasteiger partial charge in [-0.25, -0.2) is 4.79 Å². The lowest BCUT2D eigenvalue weighted by Gasteiger charge is -2.19. The van der Waals surface area contributed by atoms with Crippen LogP contribution in [0.15, 0.2) is 0 Å². The average molecular weight is 219 g/mol. The van der Waals surface area contributed by atoms with Gasteiger partial charge in [-0.15, -0.1) is 0 Å². The Morgan fingerprint density at radius 3 is 2.53 bits per heavy atom.